The molecule has 5 nitrogen and oxygen atoms in total. The van der Waals surface area contributed by atoms with Crippen LogP contribution in [0.25, 0.3) is 0 Å². The number of halogens is 2. The van der Waals surface area contributed by atoms with E-state index < -0.39 is 0 Å². The number of nitrogens with one attached hydrogen (secondary N) is 1. The van der Waals surface area contributed by atoms with Crippen LogP contribution in [0.2, 0.25) is 0 Å². The lowest BCUT2D eigenvalue weighted by Gasteiger charge is -2.36. The fourth-order valence-corrected chi connectivity index (χ4v) is 3.97. The molecule has 0 bridgehead atoms. The second kappa shape index (κ2) is 13.3. The SMILES string of the molecule is CC(CC(=O)N1CCN(CCOc2ccccc2)CC1)C1CCCNC1.Cl.Cl. The molecule has 2 aliphatic rings. The number of para-hydroxylation sites is 1. The van der Waals surface area contributed by atoms with Crippen LogP contribution in [-0.4, -0.2) is 68.1 Å². The molecule has 1 aromatic carbocycles. The van der Waals surface area contributed by atoms with Gasteiger partial charge in [-0.1, -0.05) is 25.1 Å². The van der Waals surface area contributed by atoms with Gasteiger partial charge in [-0.15, -0.1) is 24.8 Å². The van der Waals surface area contributed by atoms with Crippen molar-refractivity contribution in [2.75, 3.05) is 52.4 Å². The molecular weight excluding hydrogens is 397 g/mol. The molecular formula is C21H35Cl2N3O2. The zero-order chi connectivity index (χ0) is 18.2. The van der Waals surface area contributed by atoms with E-state index in [9.17, 15) is 4.79 Å². The van der Waals surface area contributed by atoms with Crippen molar-refractivity contribution < 1.29 is 9.53 Å². The van der Waals surface area contributed by atoms with E-state index in [-0.39, 0.29) is 24.8 Å². The quantitative estimate of drug-likeness (QED) is 0.720. The fraction of sp³-hybridized carbons (Fsp3) is 0.667. The molecule has 2 saturated heterocycles. The van der Waals surface area contributed by atoms with Gasteiger partial charge in [0.15, 0.2) is 0 Å². The van der Waals surface area contributed by atoms with Crippen molar-refractivity contribution in [3.05, 3.63) is 30.3 Å². The molecule has 1 amide bonds. The second-order valence-corrected chi connectivity index (χ2v) is 7.67. The summed E-state index contributed by atoms with van der Waals surface area (Å²) in [5.41, 5.74) is 0. The Morgan fingerprint density at radius 3 is 2.54 bits per heavy atom. The Morgan fingerprint density at radius 1 is 1.18 bits per heavy atom. The first-order valence-corrected chi connectivity index (χ1v) is 10.1. The lowest BCUT2D eigenvalue weighted by Crippen LogP contribution is -2.50. The van der Waals surface area contributed by atoms with Crippen molar-refractivity contribution >= 4 is 30.7 Å². The summed E-state index contributed by atoms with van der Waals surface area (Å²) in [7, 11) is 0. The fourth-order valence-electron chi connectivity index (χ4n) is 3.97. The summed E-state index contributed by atoms with van der Waals surface area (Å²) in [6, 6.07) is 9.95. The third kappa shape index (κ3) is 7.78. The molecule has 0 saturated carbocycles. The van der Waals surface area contributed by atoms with Gasteiger partial charge in [0.2, 0.25) is 5.91 Å². The van der Waals surface area contributed by atoms with Crippen molar-refractivity contribution in [3.8, 4) is 5.75 Å². The highest BCUT2D eigenvalue weighted by atomic mass is 35.5. The summed E-state index contributed by atoms with van der Waals surface area (Å²) in [5.74, 6) is 2.40. The summed E-state index contributed by atoms with van der Waals surface area (Å²) >= 11 is 0. The van der Waals surface area contributed by atoms with Gasteiger partial charge >= 0.3 is 0 Å². The number of piperidine rings is 1. The van der Waals surface area contributed by atoms with Crippen LogP contribution in [0, 0.1) is 11.8 Å². The number of rotatable bonds is 7. The molecule has 1 N–H and O–H groups in total. The maximum atomic E-state index is 12.6. The van der Waals surface area contributed by atoms with Gasteiger partial charge in [0.25, 0.3) is 0 Å². The average molecular weight is 432 g/mol. The van der Waals surface area contributed by atoms with Crippen LogP contribution in [0.5, 0.6) is 5.75 Å². The highest BCUT2D eigenvalue weighted by molar-refractivity contribution is 5.85. The molecule has 7 heteroatoms. The van der Waals surface area contributed by atoms with E-state index in [1.807, 2.05) is 30.3 Å². The summed E-state index contributed by atoms with van der Waals surface area (Å²) in [6.07, 6.45) is 3.20. The topological polar surface area (TPSA) is 44.8 Å². The summed E-state index contributed by atoms with van der Waals surface area (Å²) in [4.78, 5) is 17.1. The van der Waals surface area contributed by atoms with E-state index in [0.29, 0.717) is 30.8 Å². The van der Waals surface area contributed by atoms with Crippen molar-refractivity contribution in [3.63, 3.8) is 0 Å². The van der Waals surface area contributed by atoms with Crippen LogP contribution in [-0.2, 0) is 4.79 Å². The summed E-state index contributed by atoms with van der Waals surface area (Å²) in [5, 5.41) is 3.46. The minimum absolute atomic E-state index is 0. The van der Waals surface area contributed by atoms with Gasteiger partial charge in [0.1, 0.15) is 12.4 Å². The maximum absolute atomic E-state index is 12.6. The van der Waals surface area contributed by atoms with Gasteiger partial charge in [-0.3, -0.25) is 9.69 Å². The first kappa shape index (κ1) is 25.0. The van der Waals surface area contributed by atoms with Crippen molar-refractivity contribution in [1.29, 1.82) is 0 Å². The zero-order valence-electron chi connectivity index (χ0n) is 16.8. The molecule has 0 aliphatic carbocycles. The summed E-state index contributed by atoms with van der Waals surface area (Å²) < 4.78 is 5.77. The third-order valence-electron chi connectivity index (χ3n) is 5.78. The molecule has 1 aromatic rings. The number of carbonyl (C=O) groups excluding carboxylic acids is 1. The molecule has 2 fully saturated rings. The molecule has 0 aromatic heterocycles. The van der Waals surface area contributed by atoms with Gasteiger partial charge in [0.05, 0.1) is 0 Å². The van der Waals surface area contributed by atoms with E-state index in [0.717, 1.165) is 51.6 Å². The largest absolute Gasteiger partial charge is 0.492 e. The molecule has 2 atom stereocenters. The molecule has 0 radical (unpaired) electrons. The number of ether oxygens (including phenoxy) is 1. The Hall–Kier alpha value is -1.01. The molecule has 2 heterocycles. The van der Waals surface area contributed by atoms with E-state index in [2.05, 4.69) is 22.0 Å². The Labute approximate surface area is 182 Å². The first-order valence-electron chi connectivity index (χ1n) is 10.1. The standard InChI is InChI=1S/C21H33N3O2.2ClH/c1-18(19-6-5-9-22-17-19)16-21(25)24-12-10-23(11-13-24)14-15-26-20-7-3-2-4-8-20;;/h2-4,7-8,18-19,22H,5-6,9-17H2,1H3;2*1H. The van der Waals surface area contributed by atoms with Crippen LogP contribution in [0.15, 0.2) is 30.3 Å². The molecule has 3 rings (SSSR count). The predicted molar refractivity (Wildman–Crippen MR) is 119 cm³/mol. The monoisotopic (exact) mass is 431 g/mol. The van der Waals surface area contributed by atoms with E-state index in [1.54, 1.807) is 0 Å². The van der Waals surface area contributed by atoms with E-state index in [1.165, 1.54) is 12.8 Å². The van der Waals surface area contributed by atoms with Crippen molar-refractivity contribution in [2.45, 2.75) is 26.2 Å². The van der Waals surface area contributed by atoms with Gasteiger partial charge < -0.3 is 15.0 Å². The second-order valence-electron chi connectivity index (χ2n) is 7.67. The number of amides is 1. The van der Waals surface area contributed by atoms with Crippen LogP contribution in [0.3, 0.4) is 0 Å². The number of benzene rings is 1. The van der Waals surface area contributed by atoms with Gasteiger partial charge in [-0.2, -0.15) is 0 Å². The Bertz CT molecular complexity index is 548. The van der Waals surface area contributed by atoms with Crippen LogP contribution in [0.1, 0.15) is 26.2 Å². The highest BCUT2D eigenvalue weighted by Crippen LogP contribution is 2.23. The Kier molecular flexibility index (Phi) is 11.8. The number of piperazine rings is 1. The van der Waals surface area contributed by atoms with Gasteiger partial charge in [0, 0.05) is 39.1 Å². The summed E-state index contributed by atoms with van der Waals surface area (Å²) in [6.45, 7) is 9.65. The Morgan fingerprint density at radius 2 is 1.89 bits per heavy atom. The molecule has 2 aliphatic heterocycles. The van der Waals surface area contributed by atoms with Crippen LogP contribution < -0.4 is 10.1 Å². The van der Waals surface area contributed by atoms with Crippen LogP contribution in [0.4, 0.5) is 0 Å². The molecule has 28 heavy (non-hydrogen) atoms. The van der Waals surface area contributed by atoms with E-state index >= 15 is 0 Å². The van der Waals surface area contributed by atoms with Gasteiger partial charge in [-0.25, -0.2) is 0 Å². The highest BCUT2D eigenvalue weighted by Gasteiger charge is 2.26. The molecule has 160 valence electrons. The number of hydrogen-bond donors (Lipinski definition) is 1. The molecule has 2 unspecified atom stereocenters. The zero-order valence-corrected chi connectivity index (χ0v) is 18.5. The maximum Gasteiger partial charge on any atom is 0.222 e. The normalized spacial score (nSPS) is 21.2. The number of nitrogens with zero attached hydrogens (tertiary/aromatic N) is 2. The smallest absolute Gasteiger partial charge is 0.222 e. The average Bonchev–Trinajstić information content (AvgIpc) is 2.70. The lowest BCUT2D eigenvalue weighted by atomic mass is 9.85. The first-order chi connectivity index (χ1) is 12.7. The van der Waals surface area contributed by atoms with Gasteiger partial charge in [-0.05, 0) is 49.9 Å². The van der Waals surface area contributed by atoms with E-state index in [4.69, 9.17) is 4.74 Å². The number of hydrogen-bond acceptors (Lipinski definition) is 4. The number of carbonyl (C=O) groups is 1. The minimum atomic E-state index is 0. The Balaban J connectivity index is 0.00000196. The third-order valence-corrected chi connectivity index (χ3v) is 5.78. The van der Waals surface area contributed by atoms with Crippen LogP contribution >= 0.6 is 24.8 Å². The molecule has 0 spiro atoms. The van der Waals surface area contributed by atoms with Crippen molar-refractivity contribution in [2.24, 2.45) is 11.8 Å². The van der Waals surface area contributed by atoms with Crippen molar-refractivity contribution in [1.82, 2.24) is 15.1 Å². The lowest BCUT2D eigenvalue weighted by molar-refractivity contribution is -0.134. The predicted octanol–water partition coefficient (Wildman–Crippen LogP) is 3.08. The minimum Gasteiger partial charge on any atom is -0.492 e.